The molecule has 1 atom stereocenters. The molecule has 3 rings (SSSR count). The molecule has 0 radical (unpaired) electrons. The van der Waals surface area contributed by atoms with E-state index in [9.17, 15) is 9.18 Å². The van der Waals surface area contributed by atoms with E-state index < -0.39 is 23.4 Å². The van der Waals surface area contributed by atoms with Gasteiger partial charge in [0.1, 0.15) is 17.5 Å². The molecule has 126 valence electrons. The zero-order valence-corrected chi connectivity index (χ0v) is 13.9. The Morgan fingerprint density at radius 3 is 2.71 bits per heavy atom. The minimum absolute atomic E-state index is 0.273. The molecule has 0 saturated carbocycles. The van der Waals surface area contributed by atoms with E-state index in [1.54, 1.807) is 45.9 Å². The van der Waals surface area contributed by atoms with E-state index in [4.69, 9.17) is 4.74 Å². The van der Waals surface area contributed by atoms with Gasteiger partial charge in [0.25, 0.3) is 0 Å². The van der Waals surface area contributed by atoms with E-state index >= 15 is 0 Å². The molecule has 1 unspecified atom stereocenters. The quantitative estimate of drug-likeness (QED) is 0.851. The van der Waals surface area contributed by atoms with Gasteiger partial charge in [-0.15, -0.1) is 0 Å². The van der Waals surface area contributed by atoms with Crippen LogP contribution in [0, 0.1) is 5.82 Å². The molecule has 24 heavy (non-hydrogen) atoms. The number of carbonyl (C=O) groups excluding carboxylic acids is 1. The molecule has 0 amide bonds. The van der Waals surface area contributed by atoms with Crippen LogP contribution in [0.25, 0.3) is 0 Å². The fourth-order valence-electron chi connectivity index (χ4n) is 2.59. The lowest BCUT2D eigenvalue weighted by Gasteiger charge is -2.29. The lowest BCUT2D eigenvalue weighted by molar-refractivity contribution is -0.150. The number of tetrazole rings is 1. The van der Waals surface area contributed by atoms with Crippen LogP contribution in [-0.2, 0) is 9.53 Å². The van der Waals surface area contributed by atoms with Gasteiger partial charge in [-0.3, -0.25) is 0 Å². The maximum atomic E-state index is 14.4. The molecule has 1 aromatic heterocycles. The summed E-state index contributed by atoms with van der Waals surface area (Å²) in [5.74, 6) is -0.644. The molecule has 0 aliphatic carbocycles. The fourth-order valence-corrected chi connectivity index (χ4v) is 2.59. The molecular formula is C16H18FN5O2. The number of aromatic nitrogens is 4. The van der Waals surface area contributed by atoms with Gasteiger partial charge < -0.3 is 10.1 Å². The van der Waals surface area contributed by atoms with Crippen LogP contribution in [0.3, 0.4) is 0 Å². The average molecular weight is 331 g/mol. The fraction of sp³-hybridized carbons (Fsp3) is 0.375. The van der Waals surface area contributed by atoms with Crippen molar-refractivity contribution in [2.45, 2.75) is 39.3 Å². The number of allylic oxidation sites excluding steroid dienone is 1. The second-order valence-electron chi connectivity index (χ2n) is 6.54. The number of nitrogens with zero attached hydrogens (tertiary/aromatic N) is 4. The molecule has 2 aromatic rings. The first-order valence-electron chi connectivity index (χ1n) is 7.51. The van der Waals surface area contributed by atoms with Crippen molar-refractivity contribution in [1.82, 2.24) is 20.2 Å². The van der Waals surface area contributed by atoms with E-state index in [2.05, 4.69) is 20.8 Å². The number of fused-ring (bicyclic) bond motifs is 1. The van der Waals surface area contributed by atoms with Gasteiger partial charge >= 0.3 is 5.97 Å². The summed E-state index contributed by atoms with van der Waals surface area (Å²) >= 11 is 0. The molecule has 1 aromatic carbocycles. The molecule has 8 heteroatoms. The number of anilines is 1. The van der Waals surface area contributed by atoms with Gasteiger partial charge in [0.15, 0.2) is 0 Å². The molecule has 2 heterocycles. The number of benzene rings is 1. The van der Waals surface area contributed by atoms with Gasteiger partial charge in [-0.05, 0) is 44.2 Å². The van der Waals surface area contributed by atoms with Gasteiger partial charge in [-0.25, -0.2) is 9.18 Å². The molecule has 0 saturated heterocycles. The van der Waals surface area contributed by atoms with Crippen LogP contribution in [0.1, 0.15) is 39.3 Å². The van der Waals surface area contributed by atoms with E-state index in [0.717, 1.165) is 0 Å². The van der Waals surface area contributed by atoms with Crippen LogP contribution in [0.4, 0.5) is 10.3 Å². The summed E-state index contributed by atoms with van der Waals surface area (Å²) in [6.07, 6.45) is 0. The van der Waals surface area contributed by atoms with Crippen LogP contribution in [-0.4, -0.2) is 31.8 Å². The average Bonchev–Trinajstić information content (AvgIpc) is 2.92. The summed E-state index contributed by atoms with van der Waals surface area (Å²) in [5.41, 5.74) is 0.424. The number of halogens is 1. The van der Waals surface area contributed by atoms with Crippen LogP contribution in [0.2, 0.25) is 0 Å². The van der Waals surface area contributed by atoms with Crippen molar-refractivity contribution in [2.75, 3.05) is 5.32 Å². The topological polar surface area (TPSA) is 81.9 Å². The Hall–Kier alpha value is -2.77. The Kier molecular flexibility index (Phi) is 3.82. The van der Waals surface area contributed by atoms with Crippen LogP contribution in [0.5, 0.6) is 0 Å². The second-order valence-corrected chi connectivity index (χ2v) is 6.54. The largest absolute Gasteiger partial charge is 0.456 e. The monoisotopic (exact) mass is 331 g/mol. The Morgan fingerprint density at radius 2 is 2.04 bits per heavy atom. The number of rotatable bonds is 2. The Morgan fingerprint density at radius 1 is 1.33 bits per heavy atom. The summed E-state index contributed by atoms with van der Waals surface area (Å²) < 4.78 is 21.3. The predicted octanol–water partition coefficient (Wildman–Crippen LogP) is 2.44. The van der Waals surface area contributed by atoms with Gasteiger partial charge in [0.2, 0.25) is 5.95 Å². The number of ether oxygens (including phenoxy) is 1. The highest BCUT2D eigenvalue weighted by Gasteiger charge is 2.37. The molecule has 1 aliphatic heterocycles. The Labute approximate surface area is 138 Å². The first kappa shape index (κ1) is 16.1. The van der Waals surface area contributed by atoms with Crippen molar-refractivity contribution in [2.24, 2.45) is 0 Å². The third kappa shape index (κ3) is 2.86. The van der Waals surface area contributed by atoms with Crippen LogP contribution in [0.15, 0.2) is 35.5 Å². The van der Waals surface area contributed by atoms with Crippen molar-refractivity contribution in [3.05, 3.63) is 46.9 Å². The third-order valence-electron chi connectivity index (χ3n) is 3.53. The highest BCUT2D eigenvalue weighted by atomic mass is 19.1. The molecular weight excluding hydrogens is 313 g/mol. The van der Waals surface area contributed by atoms with Gasteiger partial charge in [0, 0.05) is 11.3 Å². The smallest absolute Gasteiger partial charge is 0.338 e. The standard InChI is InChI=1S/C16H18FN5O2/c1-9-12(14(23)24-16(2,3)4)13(10-7-5-6-8-11(10)17)22-15(18-9)19-20-21-22/h5-8,13H,1-4H3,(H,18,19,21). The second kappa shape index (κ2) is 5.70. The summed E-state index contributed by atoms with van der Waals surface area (Å²) in [4.78, 5) is 12.7. The van der Waals surface area contributed by atoms with Crippen molar-refractivity contribution >= 4 is 11.9 Å². The first-order valence-corrected chi connectivity index (χ1v) is 7.51. The van der Waals surface area contributed by atoms with Gasteiger partial charge in [-0.2, -0.15) is 4.68 Å². The zero-order chi connectivity index (χ0) is 17.5. The van der Waals surface area contributed by atoms with Crippen molar-refractivity contribution < 1.29 is 13.9 Å². The first-order chi connectivity index (χ1) is 11.3. The number of carbonyl (C=O) groups is 1. The van der Waals surface area contributed by atoms with E-state index in [-0.39, 0.29) is 5.57 Å². The number of esters is 1. The zero-order valence-electron chi connectivity index (χ0n) is 13.9. The summed E-state index contributed by atoms with van der Waals surface area (Å²) in [6, 6.07) is 5.43. The molecule has 1 N–H and O–H groups in total. The van der Waals surface area contributed by atoms with Gasteiger partial charge in [-0.1, -0.05) is 23.3 Å². The van der Waals surface area contributed by atoms with Crippen molar-refractivity contribution in [3.8, 4) is 0 Å². The number of hydrogen-bond acceptors (Lipinski definition) is 6. The minimum Gasteiger partial charge on any atom is -0.456 e. The molecule has 0 bridgehead atoms. The number of hydrogen-bond donors (Lipinski definition) is 1. The van der Waals surface area contributed by atoms with Gasteiger partial charge in [0.05, 0.1) is 5.57 Å². The molecule has 0 fully saturated rings. The Balaban J connectivity index is 2.14. The summed E-state index contributed by atoms with van der Waals surface area (Å²) in [5, 5.41) is 14.3. The Bertz CT molecular complexity index is 822. The van der Waals surface area contributed by atoms with E-state index in [1.807, 2.05) is 0 Å². The molecule has 0 spiro atoms. The maximum absolute atomic E-state index is 14.4. The lowest BCUT2D eigenvalue weighted by Crippen LogP contribution is -2.33. The summed E-state index contributed by atoms with van der Waals surface area (Å²) in [6.45, 7) is 7.04. The normalized spacial score (nSPS) is 17.3. The minimum atomic E-state index is -0.799. The SMILES string of the molecule is CC1=C(C(=O)OC(C)(C)C)C(c2ccccc2F)n2nnnc2N1. The number of nitrogens with one attached hydrogen (secondary N) is 1. The van der Waals surface area contributed by atoms with Crippen molar-refractivity contribution in [1.29, 1.82) is 0 Å². The van der Waals surface area contributed by atoms with Crippen LogP contribution >= 0.6 is 0 Å². The van der Waals surface area contributed by atoms with E-state index in [1.165, 1.54) is 10.7 Å². The van der Waals surface area contributed by atoms with Crippen molar-refractivity contribution in [3.63, 3.8) is 0 Å². The lowest BCUT2D eigenvalue weighted by atomic mass is 9.95. The maximum Gasteiger partial charge on any atom is 0.338 e. The third-order valence-corrected chi connectivity index (χ3v) is 3.53. The van der Waals surface area contributed by atoms with Crippen LogP contribution < -0.4 is 5.32 Å². The molecule has 1 aliphatic rings. The highest BCUT2D eigenvalue weighted by Crippen LogP contribution is 2.36. The molecule has 7 nitrogen and oxygen atoms in total. The van der Waals surface area contributed by atoms with E-state index in [0.29, 0.717) is 17.2 Å². The summed E-state index contributed by atoms with van der Waals surface area (Å²) in [7, 11) is 0. The predicted molar refractivity (Wildman–Crippen MR) is 84.5 cm³/mol. The highest BCUT2D eigenvalue weighted by molar-refractivity contribution is 5.92.